The van der Waals surface area contributed by atoms with Gasteiger partial charge >= 0.3 is 5.97 Å². The zero-order valence-corrected chi connectivity index (χ0v) is 44.3. The average molecular weight is 921 g/mol. The van der Waals surface area contributed by atoms with Crippen LogP contribution >= 0.6 is 0 Å². The van der Waals surface area contributed by atoms with Gasteiger partial charge in [0, 0.05) is 12.8 Å². The van der Waals surface area contributed by atoms with Crippen molar-refractivity contribution in [3.8, 4) is 0 Å². The van der Waals surface area contributed by atoms with Gasteiger partial charge in [-0.15, -0.1) is 0 Å². The largest absolute Gasteiger partial charge is 0.466 e. The van der Waals surface area contributed by atoms with Gasteiger partial charge in [0.25, 0.3) is 0 Å². The van der Waals surface area contributed by atoms with E-state index in [0.717, 1.165) is 38.5 Å². The second-order valence-electron chi connectivity index (χ2n) is 20.7. The highest BCUT2D eigenvalue weighted by Crippen LogP contribution is 2.18. The third-order valence-corrected chi connectivity index (χ3v) is 14.2. The molecule has 0 fully saturated rings. The number of carbonyl (C=O) groups excluding carboxylic acids is 2. The lowest BCUT2D eigenvalue weighted by atomic mass is 10.0. The molecule has 0 aromatic rings. The standard InChI is InChI=1S/C59H117NO5/c1-3-5-7-9-11-13-15-16-26-30-33-37-41-45-49-53-59(64)65-54-50-46-42-38-34-31-28-25-23-21-19-17-18-20-22-24-27-29-32-36-40-44-48-52-58(63)60-56(55-61)57(62)51-47-43-39-35-14-12-10-8-6-4-2/h56-57,61-62H,3-55H2,1-2H3,(H,60,63). The van der Waals surface area contributed by atoms with Crippen molar-refractivity contribution in [3.05, 3.63) is 0 Å². The summed E-state index contributed by atoms with van der Waals surface area (Å²) in [5.74, 6) is -0.0163. The van der Waals surface area contributed by atoms with Crippen molar-refractivity contribution in [2.24, 2.45) is 0 Å². The number of rotatable bonds is 56. The molecular formula is C59H117NO5. The molecule has 1 amide bonds. The maximum atomic E-state index is 12.4. The molecule has 6 nitrogen and oxygen atoms in total. The number of aliphatic hydroxyl groups excluding tert-OH is 2. The second-order valence-corrected chi connectivity index (χ2v) is 20.7. The predicted molar refractivity (Wildman–Crippen MR) is 283 cm³/mol. The maximum Gasteiger partial charge on any atom is 0.305 e. The van der Waals surface area contributed by atoms with Gasteiger partial charge in [-0.3, -0.25) is 9.59 Å². The number of nitrogens with one attached hydrogen (secondary N) is 1. The molecule has 0 aliphatic rings. The normalized spacial score (nSPS) is 12.5. The summed E-state index contributed by atoms with van der Waals surface area (Å²) >= 11 is 0. The lowest BCUT2D eigenvalue weighted by molar-refractivity contribution is -0.143. The summed E-state index contributed by atoms with van der Waals surface area (Å²) in [5.41, 5.74) is 0. The molecule has 0 saturated heterocycles. The highest BCUT2D eigenvalue weighted by atomic mass is 16.5. The fourth-order valence-corrected chi connectivity index (χ4v) is 9.58. The first-order chi connectivity index (χ1) is 32.0. The predicted octanol–water partition coefficient (Wildman–Crippen LogP) is 18.3. The Labute approximate surface area is 406 Å². The summed E-state index contributed by atoms with van der Waals surface area (Å²) in [7, 11) is 0. The van der Waals surface area contributed by atoms with Crippen LogP contribution in [0.4, 0.5) is 0 Å². The summed E-state index contributed by atoms with van der Waals surface area (Å²) < 4.78 is 5.49. The molecule has 0 saturated carbocycles. The van der Waals surface area contributed by atoms with Crippen molar-refractivity contribution in [3.63, 3.8) is 0 Å². The lowest BCUT2D eigenvalue weighted by Gasteiger charge is -2.22. The van der Waals surface area contributed by atoms with Crippen LogP contribution in [0.3, 0.4) is 0 Å². The molecule has 6 heteroatoms. The maximum absolute atomic E-state index is 12.4. The molecule has 3 N–H and O–H groups in total. The topological polar surface area (TPSA) is 95.9 Å². The minimum atomic E-state index is -0.660. The molecule has 0 aromatic carbocycles. The molecule has 0 spiro atoms. The summed E-state index contributed by atoms with van der Waals surface area (Å²) in [4.78, 5) is 24.5. The monoisotopic (exact) mass is 920 g/mol. The summed E-state index contributed by atoms with van der Waals surface area (Å²) in [6, 6.07) is -0.538. The summed E-state index contributed by atoms with van der Waals surface area (Å²) in [5, 5.41) is 23.1. The van der Waals surface area contributed by atoms with Crippen LogP contribution in [0.15, 0.2) is 0 Å². The average Bonchev–Trinajstić information content (AvgIpc) is 3.31. The Balaban J connectivity index is 3.32. The first-order valence-corrected chi connectivity index (χ1v) is 29.8. The van der Waals surface area contributed by atoms with Crippen LogP contribution in [0.2, 0.25) is 0 Å². The van der Waals surface area contributed by atoms with Gasteiger partial charge in [0.15, 0.2) is 0 Å². The van der Waals surface area contributed by atoms with Gasteiger partial charge < -0.3 is 20.3 Å². The molecule has 0 rings (SSSR count). The van der Waals surface area contributed by atoms with Crippen LogP contribution in [-0.2, 0) is 14.3 Å². The zero-order chi connectivity index (χ0) is 47.2. The van der Waals surface area contributed by atoms with Crippen molar-refractivity contribution in [1.82, 2.24) is 5.32 Å². The third-order valence-electron chi connectivity index (χ3n) is 14.2. The van der Waals surface area contributed by atoms with Crippen molar-refractivity contribution in [2.75, 3.05) is 13.2 Å². The molecule has 0 aliphatic heterocycles. The Bertz CT molecular complexity index is 928. The molecule has 0 aliphatic carbocycles. The fourth-order valence-electron chi connectivity index (χ4n) is 9.58. The molecule has 388 valence electrons. The van der Waals surface area contributed by atoms with Gasteiger partial charge in [0.1, 0.15) is 0 Å². The van der Waals surface area contributed by atoms with E-state index in [1.165, 1.54) is 270 Å². The van der Waals surface area contributed by atoms with Crippen LogP contribution < -0.4 is 5.32 Å². The quantitative estimate of drug-likeness (QED) is 0.0417. The molecule has 0 bridgehead atoms. The molecule has 2 atom stereocenters. The molecule has 0 heterocycles. The summed E-state index contributed by atoms with van der Waals surface area (Å²) in [6.07, 6.45) is 64.0. The van der Waals surface area contributed by atoms with E-state index in [0.29, 0.717) is 25.9 Å². The van der Waals surface area contributed by atoms with Crippen LogP contribution in [0, 0.1) is 0 Å². The van der Waals surface area contributed by atoms with Crippen molar-refractivity contribution in [1.29, 1.82) is 0 Å². The molecular weight excluding hydrogens is 803 g/mol. The van der Waals surface area contributed by atoms with Crippen molar-refractivity contribution < 1.29 is 24.5 Å². The Morgan fingerprint density at radius 2 is 0.631 bits per heavy atom. The first-order valence-electron chi connectivity index (χ1n) is 29.8. The molecule has 2 unspecified atom stereocenters. The number of hydrogen-bond donors (Lipinski definition) is 3. The molecule has 0 aromatic heterocycles. The number of amides is 1. The number of carbonyl (C=O) groups is 2. The van der Waals surface area contributed by atoms with Gasteiger partial charge in [0.05, 0.1) is 25.4 Å². The van der Waals surface area contributed by atoms with E-state index in [-0.39, 0.29) is 18.5 Å². The smallest absolute Gasteiger partial charge is 0.305 e. The van der Waals surface area contributed by atoms with E-state index in [1.807, 2.05) is 0 Å². The van der Waals surface area contributed by atoms with Crippen molar-refractivity contribution >= 4 is 11.9 Å². The van der Waals surface area contributed by atoms with Gasteiger partial charge in [-0.05, 0) is 25.7 Å². The van der Waals surface area contributed by atoms with E-state index >= 15 is 0 Å². The number of ether oxygens (including phenoxy) is 1. The van der Waals surface area contributed by atoms with E-state index < -0.39 is 12.1 Å². The second kappa shape index (κ2) is 55.5. The number of hydrogen-bond acceptors (Lipinski definition) is 5. The minimum absolute atomic E-state index is 0.0180. The van der Waals surface area contributed by atoms with E-state index in [4.69, 9.17) is 4.74 Å². The highest BCUT2D eigenvalue weighted by molar-refractivity contribution is 5.76. The Hall–Kier alpha value is -1.14. The Kier molecular flexibility index (Phi) is 54.5. The Morgan fingerprint density at radius 3 is 0.938 bits per heavy atom. The minimum Gasteiger partial charge on any atom is -0.466 e. The fraction of sp³-hybridized carbons (Fsp3) is 0.966. The van der Waals surface area contributed by atoms with E-state index in [1.54, 1.807) is 0 Å². The Morgan fingerprint density at radius 1 is 0.369 bits per heavy atom. The van der Waals surface area contributed by atoms with Gasteiger partial charge in [-0.1, -0.05) is 303 Å². The van der Waals surface area contributed by atoms with E-state index in [2.05, 4.69) is 19.2 Å². The van der Waals surface area contributed by atoms with Crippen LogP contribution in [-0.4, -0.2) is 47.4 Å². The molecule has 0 radical (unpaired) electrons. The number of aliphatic hydroxyl groups is 2. The van der Waals surface area contributed by atoms with Gasteiger partial charge in [0.2, 0.25) is 5.91 Å². The molecule has 65 heavy (non-hydrogen) atoms. The summed E-state index contributed by atoms with van der Waals surface area (Å²) in [6.45, 7) is 4.96. The van der Waals surface area contributed by atoms with E-state index in [9.17, 15) is 19.8 Å². The van der Waals surface area contributed by atoms with Crippen LogP contribution in [0.25, 0.3) is 0 Å². The van der Waals surface area contributed by atoms with Crippen LogP contribution in [0.5, 0.6) is 0 Å². The van der Waals surface area contributed by atoms with Crippen LogP contribution in [0.1, 0.15) is 341 Å². The number of unbranched alkanes of at least 4 members (excludes halogenated alkanes) is 45. The number of esters is 1. The van der Waals surface area contributed by atoms with Gasteiger partial charge in [-0.25, -0.2) is 0 Å². The van der Waals surface area contributed by atoms with Gasteiger partial charge in [-0.2, -0.15) is 0 Å². The zero-order valence-electron chi connectivity index (χ0n) is 44.3. The third kappa shape index (κ3) is 52.1. The SMILES string of the molecule is CCCCCCCCCCCCCCCCCC(=O)OCCCCCCCCCCCCCCCCCCCCCCCCCC(=O)NC(CO)C(O)CCCCCCCCCCCC. The first kappa shape index (κ1) is 63.9. The highest BCUT2D eigenvalue weighted by Gasteiger charge is 2.20. The lowest BCUT2D eigenvalue weighted by Crippen LogP contribution is -2.45. The van der Waals surface area contributed by atoms with Crippen molar-refractivity contribution in [2.45, 2.75) is 353 Å².